The second-order valence-electron chi connectivity index (χ2n) is 16.7. The van der Waals surface area contributed by atoms with Gasteiger partial charge in [-0.1, -0.05) is 26.8 Å². The summed E-state index contributed by atoms with van der Waals surface area (Å²) >= 11 is 1.46. The number of anilines is 1. The summed E-state index contributed by atoms with van der Waals surface area (Å²) in [6, 6.07) is 5.27. The third-order valence-electron chi connectivity index (χ3n) is 11.2. The number of alkyl carbamates (subject to hydrolysis) is 1. The van der Waals surface area contributed by atoms with E-state index in [4.69, 9.17) is 24.2 Å². The van der Waals surface area contributed by atoms with E-state index >= 15 is 0 Å². The number of pyridine rings is 1. The number of carbonyl (C=O) groups excluding carboxylic acids is 3. The Morgan fingerprint density at radius 3 is 2.44 bits per heavy atom. The first-order chi connectivity index (χ1) is 26.1. The molecule has 3 heterocycles. The molecule has 1 aromatic carbocycles. The van der Waals surface area contributed by atoms with Gasteiger partial charge >= 0.3 is 12.1 Å². The average molecular weight is 775 g/mol. The Kier molecular flexibility index (Phi) is 10.2. The van der Waals surface area contributed by atoms with Crippen molar-refractivity contribution in [1.82, 2.24) is 25.5 Å². The first-order valence-electron chi connectivity index (χ1n) is 18.9. The quantitative estimate of drug-likeness (QED) is 0.158. The summed E-state index contributed by atoms with van der Waals surface area (Å²) in [4.78, 5) is 65.4. The second-order valence-corrected chi connectivity index (χ2v) is 17.6. The molecule has 4 N–H and O–H groups in total. The van der Waals surface area contributed by atoms with Gasteiger partial charge in [-0.3, -0.25) is 9.59 Å². The number of hydrogen-bond acceptors (Lipinski definition) is 11. The molecule has 2 aromatic heterocycles. The predicted molar refractivity (Wildman–Crippen MR) is 207 cm³/mol. The van der Waals surface area contributed by atoms with Gasteiger partial charge in [0.05, 0.1) is 24.9 Å². The largest absolute Gasteiger partial charge is 0.497 e. The molecular weight excluding hydrogens is 725 g/mol. The molecule has 3 unspecified atom stereocenters. The Bertz CT molecular complexity index is 2000. The number of carbonyl (C=O) groups is 4. The van der Waals surface area contributed by atoms with Crippen LogP contribution in [0.25, 0.3) is 22.3 Å². The number of ether oxygens (including phenoxy) is 3. The Labute approximate surface area is 324 Å². The number of rotatable bonds is 13. The third kappa shape index (κ3) is 7.94. The van der Waals surface area contributed by atoms with Crippen LogP contribution >= 0.6 is 11.3 Å². The predicted octanol–water partition coefficient (Wildman–Crippen LogP) is 5.62. The van der Waals surface area contributed by atoms with Gasteiger partial charge in [-0.15, -0.1) is 17.9 Å². The summed E-state index contributed by atoms with van der Waals surface area (Å²) in [6.45, 7) is 13.3. The van der Waals surface area contributed by atoms with Crippen LogP contribution in [0.3, 0.4) is 0 Å². The maximum Gasteiger partial charge on any atom is 0.408 e. The highest BCUT2D eigenvalue weighted by Crippen LogP contribution is 2.52. The highest BCUT2D eigenvalue weighted by atomic mass is 32.1. The smallest absolute Gasteiger partial charge is 0.408 e. The van der Waals surface area contributed by atoms with E-state index in [1.807, 2.05) is 46.1 Å². The molecule has 1 aliphatic heterocycles. The van der Waals surface area contributed by atoms with Gasteiger partial charge in [-0.05, 0) is 68.9 Å². The topological polar surface area (TPSA) is 181 Å². The van der Waals surface area contributed by atoms with E-state index in [1.54, 1.807) is 25.3 Å². The number of carboxylic acid groups (broad SMARTS) is 1. The summed E-state index contributed by atoms with van der Waals surface area (Å²) < 4.78 is 17.9. The van der Waals surface area contributed by atoms with Crippen LogP contribution < -0.4 is 25.4 Å². The molecule has 3 amide bonds. The number of hydrogen-bond donors (Lipinski definition) is 4. The van der Waals surface area contributed by atoms with Gasteiger partial charge in [0.2, 0.25) is 11.8 Å². The first kappa shape index (κ1) is 38.4. The van der Waals surface area contributed by atoms with Crippen LogP contribution in [0.4, 0.5) is 9.93 Å². The molecule has 14 nitrogen and oxygen atoms in total. The zero-order valence-corrected chi connectivity index (χ0v) is 32.9. The summed E-state index contributed by atoms with van der Waals surface area (Å²) in [7, 11) is 1.58. The molecule has 8 atom stereocenters. The zero-order chi connectivity index (χ0) is 39.4. The lowest BCUT2D eigenvalue weighted by Gasteiger charge is -2.35. The second kappa shape index (κ2) is 14.6. The summed E-state index contributed by atoms with van der Waals surface area (Å²) in [5.74, 6) is -0.456. The molecule has 7 rings (SSSR count). The summed E-state index contributed by atoms with van der Waals surface area (Å²) in [5, 5.41) is 22.3. The normalized spacial score (nSPS) is 27.2. The molecule has 0 spiro atoms. The van der Waals surface area contributed by atoms with Gasteiger partial charge in [0.1, 0.15) is 47.0 Å². The minimum atomic E-state index is -1.51. The van der Waals surface area contributed by atoms with Crippen LogP contribution in [0.15, 0.2) is 42.3 Å². The van der Waals surface area contributed by atoms with E-state index in [0.29, 0.717) is 45.6 Å². The molecule has 294 valence electrons. The number of thiazole rings is 1. The number of nitrogens with zero attached hydrogens (tertiary/aromatic N) is 3. The van der Waals surface area contributed by atoms with Gasteiger partial charge in [0, 0.05) is 41.3 Å². The first-order valence-corrected chi connectivity index (χ1v) is 19.8. The van der Waals surface area contributed by atoms with Crippen molar-refractivity contribution in [3.8, 4) is 22.9 Å². The highest BCUT2D eigenvalue weighted by Gasteiger charge is 2.61. The number of aliphatic carboxylic acids is 1. The molecule has 55 heavy (non-hydrogen) atoms. The van der Waals surface area contributed by atoms with E-state index in [-0.39, 0.29) is 31.5 Å². The number of fused-ring (bicyclic) bond motifs is 2. The SMILES string of the molecule is C=CC1C[C@]1(NC(=O)[C@@H]1CC(Oc2cc(-c3csc(NC(C)C)n3)nc3cc(OC)ccc23)CN1C(=O)[C@@H](NC(=O)OC1C[C@@H]2C[C@@H]2C1)C(C)(C)C)C(=O)O. The van der Waals surface area contributed by atoms with Crippen molar-refractivity contribution in [2.45, 2.75) is 103 Å². The highest BCUT2D eigenvalue weighted by molar-refractivity contribution is 7.14. The zero-order valence-electron chi connectivity index (χ0n) is 32.1. The van der Waals surface area contributed by atoms with Gasteiger partial charge in [0.25, 0.3) is 0 Å². The van der Waals surface area contributed by atoms with E-state index in [1.165, 1.54) is 28.7 Å². The number of nitrogens with one attached hydrogen (secondary N) is 3. The van der Waals surface area contributed by atoms with Crippen LogP contribution in [0.5, 0.6) is 11.5 Å². The van der Waals surface area contributed by atoms with Gasteiger partial charge in [0.15, 0.2) is 5.13 Å². The van der Waals surface area contributed by atoms with Crippen molar-refractivity contribution in [2.24, 2.45) is 23.2 Å². The monoisotopic (exact) mass is 774 g/mol. The van der Waals surface area contributed by atoms with E-state index in [2.05, 4.69) is 22.5 Å². The fourth-order valence-electron chi connectivity index (χ4n) is 7.98. The molecule has 3 saturated carbocycles. The summed E-state index contributed by atoms with van der Waals surface area (Å²) in [6.07, 6.45) is 3.05. The molecule has 3 aromatic rings. The molecule has 1 saturated heterocycles. The number of aromatic nitrogens is 2. The Hall–Kier alpha value is -4.92. The number of benzene rings is 1. The molecular formula is C40H50N6O8S. The van der Waals surface area contributed by atoms with Crippen molar-refractivity contribution < 1.29 is 38.5 Å². The Balaban J connectivity index is 1.19. The summed E-state index contributed by atoms with van der Waals surface area (Å²) in [5.41, 5.74) is -0.476. The third-order valence-corrected chi connectivity index (χ3v) is 11.9. The van der Waals surface area contributed by atoms with Crippen LogP contribution in [0.1, 0.15) is 66.7 Å². The van der Waals surface area contributed by atoms with Crippen molar-refractivity contribution in [3.05, 3.63) is 42.3 Å². The number of carboxylic acids is 1. The Morgan fingerprint density at radius 1 is 1.05 bits per heavy atom. The number of likely N-dealkylation sites (tertiary alicyclic amines) is 1. The van der Waals surface area contributed by atoms with Crippen molar-refractivity contribution in [1.29, 1.82) is 0 Å². The fourth-order valence-corrected chi connectivity index (χ4v) is 8.83. The van der Waals surface area contributed by atoms with Gasteiger partial charge in [-0.25, -0.2) is 19.6 Å². The minimum absolute atomic E-state index is 0.00830. The van der Waals surface area contributed by atoms with Crippen molar-refractivity contribution in [3.63, 3.8) is 0 Å². The molecule has 4 aliphatic rings. The van der Waals surface area contributed by atoms with E-state index in [0.717, 1.165) is 18.0 Å². The lowest BCUT2D eigenvalue weighted by atomic mass is 9.85. The van der Waals surface area contributed by atoms with Crippen molar-refractivity contribution >= 4 is 51.2 Å². The molecule has 4 fully saturated rings. The number of amides is 3. The van der Waals surface area contributed by atoms with Gasteiger partial charge < -0.3 is 40.2 Å². The van der Waals surface area contributed by atoms with Crippen LogP contribution in [0, 0.1) is 23.2 Å². The average Bonchev–Trinajstić information content (AvgIpc) is 3.79. The molecule has 0 bridgehead atoms. The van der Waals surface area contributed by atoms with E-state index in [9.17, 15) is 24.3 Å². The fraction of sp³-hybridized carbons (Fsp3) is 0.550. The minimum Gasteiger partial charge on any atom is -0.497 e. The van der Waals surface area contributed by atoms with Crippen LogP contribution in [0.2, 0.25) is 0 Å². The standard InChI is InChI=1S/C40H50N6O8S/c1-8-23-17-40(23,36(49)50)45-34(47)31-15-26(18-46(31)35(48)33(39(4,5)6)44-38(51)54-25-12-21-11-22(21)13-25)53-32-16-29(30-19-55-37(43-30)41-20(2)3)42-28-14-24(52-7)9-10-27(28)32/h8-10,14,16,19-23,25-26,31,33H,1,11-13,15,17-18H2,2-7H3,(H,41,43)(H,44,51)(H,45,47)(H,49,50)/t21-,22+,23?,25?,26?,31-,33+,40+/m0/s1. The molecule has 3 aliphatic carbocycles. The maximum absolute atomic E-state index is 14.6. The molecule has 15 heteroatoms. The lowest BCUT2D eigenvalue weighted by molar-refractivity contribution is -0.146. The Morgan fingerprint density at radius 2 is 1.80 bits per heavy atom. The molecule has 0 radical (unpaired) electrons. The van der Waals surface area contributed by atoms with Crippen LogP contribution in [-0.2, 0) is 19.1 Å². The van der Waals surface area contributed by atoms with Gasteiger partial charge in [-0.2, -0.15) is 0 Å². The van der Waals surface area contributed by atoms with Crippen molar-refractivity contribution in [2.75, 3.05) is 19.0 Å². The number of methoxy groups -OCH3 is 1. The lowest BCUT2D eigenvalue weighted by Crippen LogP contribution is -2.59. The maximum atomic E-state index is 14.6. The van der Waals surface area contributed by atoms with Crippen LogP contribution in [-0.4, -0.2) is 93.4 Å². The van der Waals surface area contributed by atoms with E-state index < -0.39 is 58.9 Å².